The maximum absolute atomic E-state index is 12.3. The van der Waals surface area contributed by atoms with E-state index < -0.39 is 0 Å². The fourth-order valence-corrected chi connectivity index (χ4v) is 2.92. The molecule has 0 radical (unpaired) electrons. The van der Waals surface area contributed by atoms with Crippen molar-refractivity contribution in [2.75, 3.05) is 13.1 Å². The Bertz CT molecular complexity index is 444. The van der Waals surface area contributed by atoms with Crippen LogP contribution in [0.2, 0.25) is 0 Å². The van der Waals surface area contributed by atoms with Crippen molar-refractivity contribution in [3.63, 3.8) is 0 Å². The molecule has 1 aliphatic heterocycles. The van der Waals surface area contributed by atoms with Crippen molar-refractivity contribution in [3.8, 4) is 0 Å². The van der Waals surface area contributed by atoms with Crippen LogP contribution in [0, 0.1) is 6.92 Å². The van der Waals surface area contributed by atoms with Crippen LogP contribution in [-0.4, -0.2) is 34.0 Å². The number of likely N-dealkylation sites (tertiary alicyclic amines) is 1. The van der Waals surface area contributed by atoms with Gasteiger partial charge in [-0.15, -0.1) is 0 Å². The Morgan fingerprint density at radius 3 is 2.86 bits per heavy atom. The number of aromatic nitrogens is 2. The number of hydrogen-bond acceptors (Lipinski definition) is 4. The van der Waals surface area contributed by atoms with E-state index >= 15 is 0 Å². The molecule has 1 fully saturated rings. The third-order valence-corrected chi connectivity index (χ3v) is 4.16. The van der Waals surface area contributed by atoms with Crippen molar-refractivity contribution < 1.29 is 9.32 Å². The normalized spacial score (nSPS) is 19.0. The Balaban J connectivity index is 1.76. The summed E-state index contributed by atoms with van der Waals surface area (Å²) in [5.41, 5.74) is 0. The summed E-state index contributed by atoms with van der Waals surface area (Å²) in [6.07, 6.45) is 8.67. The highest BCUT2D eigenvalue weighted by Crippen LogP contribution is 2.26. The Kier molecular flexibility index (Phi) is 6.21. The third kappa shape index (κ3) is 4.83. The molecule has 5 nitrogen and oxygen atoms in total. The van der Waals surface area contributed by atoms with Crippen LogP contribution >= 0.6 is 0 Å². The summed E-state index contributed by atoms with van der Waals surface area (Å²) in [5, 5.41) is 3.85. The van der Waals surface area contributed by atoms with Gasteiger partial charge in [-0.25, -0.2) is 0 Å². The van der Waals surface area contributed by atoms with E-state index in [4.69, 9.17) is 4.52 Å². The molecule has 1 aromatic rings. The molecule has 0 N–H and O–H groups in total. The predicted molar refractivity (Wildman–Crippen MR) is 81.0 cm³/mol. The zero-order valence-corrected chi connectivity index (χ0v) is 13.3. The molecule has 5 heteroatoms. The predicted octanol–water partition coefficient (Wildman–Crippen LogP) is 3.44. The Morgan fingerprint density at radius 2 is 2.14 bits per heavy atom. The van der Waals surface area contributed by atoms with Crippen molar-refractivity contribution in [1.29, 1.82) is 0 Å². The second-order valence-electron chi connectivity index (χ2n) is 6.02. The molecule has 2 heterocycles. The number of aryl methyl sites for hydroxylation is 1. The molecule has 1 unspecified atom stereocenters. The van der Waals surface area contributed by atoms with Crippen LogP contribution in [0.4, 0.5) is 0 Å². The third-order valence-electron chi connectivity index (χ3n) is 4.16. The number of piperidine rings is 1. The molecule has 1 atom stereocenters. The molecule has 0 aliphatic carbocycles. The van der Waals surface area contributed by atoms with Gasteiger partial charge in [-0.3, -0.25) is 4.79 Å². The molecule has 0 saturated carbocycles. The molecule has 1 aromatic heterocycles. The molecule has 2 rings (SSSR count). The number of rotatable bonds is 7. The lowest BCUT2D eigenvalue weighted by Crippen LogP contribution is -2.39. The summed E-state index contributed by atoms with van der Waals surface area (Å²) in [7, 11) is 0. The summed E-state index contributed by atoms with van der Waals surface area (Å²) >= 11 is 0. The van der Waals surface area contributed by atoms with Crippen molar-refractivity contribution >= 4 is 5.91 Å². The smallest absolute Gasteiger partial charge is 0.231 e. The van der Waals surface area contributed by atoms with Gasteiger partial charge in [0.2, 0.25) is 11.8 Å². The maximum atomic E-state index is 12.3. The van der Waals surface area contributed by atoms with Gasteiger partial charge >= 0.3 is 0 Å². The Morgan fingerprint density at radius 1 is 1.33 bits per heavy atom. The van der Waals surface area contributed by atoms with Gasteiger partial charge in [0.05, 0.1) is 5.92 Å². The molecule has 21 heavy (non-hydrogen) atoms. The Labute approximate surface area is 127 Å². The molecular formula is C16H27N3O2. The first-order valence-corrected chi connectivity index (χ1v) is 8.28. The van der Waals surface area contributed by atoms with Crippen LogP contribution in [0.5, 0.6) is 0 Å². The van der Waals surface area contributed by atoms with Crippen molar-refractivity contribution in [2.24, 2.45) is 0 Å². The van der Waals surface area contributed by atoms with Crippen LogP contribution in [0.15, 0.2) is 4.52 Å². The van der Waals surface area contributed by atoms with E-state index in [2.05, 4.69) is 17.1 Å². The lowest BCUT2D eigenvalue weighted by Gasteiger charge is -2.31. The van der Waals surface area contributed by atoms with Crippen LogP contribution < -0.4 is 0 Å². The van der Waals surface area contributed by atoms with Crippen LogP contribution in [0.3, 0.4) is 0 Å². The Hall–Kier alpha value is -1.39. The first-order valence-electron chi connectivity index (χ1n) is 8.28. The molecule has 0 spiro atoms. The van der Waals surface area contributed by atoms with E-state index in [0.717, 1.165) is 32.4 Å². The minimum atomic E-state index is 0.212. The quantitative estimate of drug-likeness (QED) is 0.722. The average molecular weight is 293 g/mol. The highest BCUT2D eigenvalue weighted by Gasteiger charge is 2.27. The highest BCUT2D eigenvalue weighted by molar-refractivity contribution is 5.76. The SMILES string of the molecule is CCCCCCCC(=O)N1CCCC(c2nc(C)no2)C1. The van der Waals surface area contributed by atoms with E-state index in [9.17, 15) is 4.79 Å². The van der Waals surface area contributed by atoms with Gasteiger partial charge in [0.15, 0.2) is 5.82 Å². The van der Waals surface area contributed by atoms with E-state index in [1.165, 1.54) is 25.7 Å². The van der Waals surface area contributed by atoms with Gasteiger partial charge in [-0.2, -0.15) is 4.98 Å². The van der Waals surface area contributed by atoms with E-state index in [1.807, 2.05) is 11.8 Å². The van der Waals surface area contributed by atoms with Crippen LogP contribution in [0.25, 0.3) is 0 Å². The maximum Gasteiger partial charge on any atom is 0.231 e. The van der Waals surface area contributed by atoms with Crippen molar-refractivity contribution in [2.45, 2.75) is 71.1 Å². The van der Waals surface area contributed by atoms with Crippen molar-refractivity contribution in [1.82, 2.24) is 15.0 Å². The van der Waals surface area contributed by atoms with Gasteiger partial charge in [-0.05, 0) is 26.2 Å². The zero-order valence-electron chi connectivity index (χ0n) is 13.3. The fraction of sp³-hybridized carbons (Fsp3) is 0.812. The summed E-state index contributed by atoms with van der Waals surface area (Å²) in [5.74, 6) is 1.86. The van der Waals surface area contributed by atoms with E-state index in [-0.39, 0.29) is 11.8 Å². The number of carbonyl (C=O) groups is 1. The lowest BCUT2D eigenvalue weighted by molar-refractivity contribution is -0.132. The van der Waals surface area contributed by atoms with Crippen LogP contribution in [0.1, 0.15) is 75.9 Å². The monoisotopic (exact) mass is 293 g/mol. The average Bonchev–Trinajstić information content (AvgIpc) is 2.93. The van der Waals surface area contributed by atoms with Crippen LogP contribution in [-0.2, 0) is 4.79 Å². The second-order valence-corrected chi connectivity index (χ2v) is 6.02. The molecular weight excluding hydrogens is 266 g/mol. The molecule has 1 saturated heterocycles. The fourth-order valence-electron chi connectivity index (χ4n) is 2.92. The summed E-state index contributed by atoms with van der Waals surface area (Å²) in [6, 6.07) is 0. The van der Waals surface area contributed by atoms with Gasteiger partial charge in [-0.1, -0.05) is 37.8 Å². The molecule has 1 amide bonds. The largest absolute Gasteiger partial charge is 0.342 e. The number of carbonyl (C=O) groups excluding carboxylic acids is 1. The summed E-state index contributed by atoms with van der Waals surface area (Å²) < 4.78 is 5.26. The number of unbranched alkanes of at least 4 members (excludes halogenated alkanes) is 4. The minimum absolute atomic E-state index is 0.212. The highest BCUT2D eigenvalue weighted by atomic mass is 16.5. The van der Waals surface area contributed by atoms with E-state index in [1.54, 1.807) is 0 Å². The van der Waals surface area contributed by atoms with Gasteiger partial charge < -0.3 is 9.42 Å². The van der Waals surface area contributed by atoms with E-state index in [0.29, 0.717) is 18.1 Å². The standard InChI is InChI=1S/C16H27N3O2/c1-3-4-5-6-7-10-15(20)19-11-8-9-14(12-19)16-17-13(2)18-21-16/h14H,3-12H2,1-2H3. The molecule has 0 aromatic carbocycles. The minimum Gasteiger partial charge on any atom is -0.342 e. The first-order chi connectivity index (χ1) is 10.2. The van der Waals surface area contributed by atoms with Gasteiger partial charge in [0.1, 0.15) is 0 Å². The number of amides is 1. The zero-order chi connectivity index (χ0) is 15.1. The number of nitrogens with zero attached hydrogens (tertiary/aromatic N) is 3. The topological polar surface area (TPSA) is 59.2 Å². The second kappa shape index (κ2) is 8.15. The van der Waals surface area contributed by atoms with Crippen molar-refractivity contribution in [3.05, 3.63) is 11.7 Å². The number of hydrogen-bond donors (Lipinski definition) is 0. The molecule has 0 bridgehead atoms. The van der Waals surface area contributed by atoms with Gasteiger partial charge in [0, 0.05) is 19.5 Å². The molecule has 118 valence electrons. The summed E-state index contributed by atoms with van der Waals surface area (Å²) in [4.78, 5) is 18.6. The first kappa shape index (κ1) is 16.0. The molecule has 1 aliphatic rings. The summed E-state index contributed by atoms with van der Waals surface area (Å²) in [6.45, 7) is 5.64. The lowest BCUT2D eigenvalue weighted by atomic mass is 9.97. The van der Waals surface area contributed by atoms with Gasteiger partial charge in [0.25, 0.3) is 0 Å².